The molecule has 8 heteroatoms. The molecular formula is C21H17ClN4O3. The molecule has 0 radical (unpaired) electrons. The van der Waals surface area contributed by atoms with E-state index in [9.17, 15) is 9.59 Å². The zero-order valence-corrected chi connectivity index (χ0v) is 16.3. The fourth-order valence-electron chi connectivity index (χ4n) is 3.04. The minimum absolute atomic E-state index is 0.135. The number of fused-ring (bicyclic) bond motifs is 1. The summed E-state index contributed by atoms with van der Waals surface area (Å²) in [7, 11) is 0. The summed E-state index contributed by atoms with van der Waals surface area (Å²) in [6.07, 6.45) is 1.58. The predicted molar refractivity (Wildman–Crippen MR) is 109 cm³/mol. The number of halogens is 1. The second-order valence-electron chi connectivity index (χ2n) is 6.49. The predicted octanol–water partition coefficient (Wildman–Crippen LogP) is 3.29. The SMILES string of the molecule is Cc1nn(CC(=O)OCc2ccccc2)c(=O)c2c1cnn2-c1cccc(Cl)c1. The van der Waals surface area contributed by atoms with E-state index in [0.717, 1.165) is 10.2 Å². The van der Waals surface area contributed by atoms with Crippen molar-refractivity contribution in [2.75, 3.05) is 0 Å². The van der Waals surface area contributed by atoms with Gasteiger partial charge in [-0.25, -0.2) is 9.36 Å². The highest BCUT2D eigenvalue weighted by Crippen LogP contribution is 2.19. The summed E-state index contributed by atoms with van der Waals surface area (Å²) in [5.41, 5.74) is 2.00. The molecule has 0 fully saturated rings. The maximum Gasteiger partial charge on any atom is 0.328 e. The van der Waals surface area contributed by atoms with Crippen LogP contribution in [0.15, 0.2) is 65.6 Å². The van der Waals surface area contributed by atoms with Gasteiger partial charge in [0.25, 0.3) is 5.56 Å². The summed E-state index contributed by atoms with van der Waals surface area (Å²) in [6.45, 7) is 1.61. The average molecular weight is 409 g/mol. The van der Waals surface area contributed by atoms with E-state index in [4.69, 9.17) is 16.3 Å². The molecule has 29 heavy (non-hydrogen) atoms. The fourth-order valence-corrected chi connectivity index (χ4v) is 3.22. The first-order valence-corrected chi connectivity index (χ1v) is 9.31. The van der Waals surface area contributed by atoms with Crippen molar-refractivity contribution in [2.45, 2.75) is 20.1 Å². The first-order chi connectivity index (χ1) is 14.0. The van der Waals surface area contributed by atoms with Gasteiger partial charge < -0.3 is 4.74 Å². The number of rotatable bonds is 5. The van der Waals surface area contributed by atoms with Crippen molar-refractivity contribution in [1.82, 2.24) is 19.6 Å². The quantitative estimate of drug-likeness (QED) is 0.473. The van der Waals surface area contributed by atoms with E-state index in [1.54, 1.807) is 37.4 Å². The number of hydrogen-bond donors (Lipinski definition) is 0. The van der Waals surface area contributed by atoms with Crippen LogP contribution in [0.4, 0.5) is 0 Å². The van der Waals surface area contributed by atoms with Gasteiger partial charge in [0.2, 0.25) is 0 Å². The smallest absolute Gasteiger partial charge is 0.328 e. The summed E-state index contributed by atoms with van der Waals surface area (Å²) in [4.78, 5) is 25.3. The Kier molecular flexibility index (Phi) is 5.14. The number of hydrogen-bond acceptors (Lipinski definition) is 5. The van der Waals surface area contributed by atoms with Crippen molar-refractivity contribution in [3.63, 3.8) is 0 Å². The van der Waals surface area contributed by atoms with Crippen LogP contribution in [0.5, 0.6) is 0 Å². The summed E-state index contributed by atoms with van der Waals surface area (Å²) in [5.74, 6) is -0.545. The molecule has 2 aromatic heterocycles. The summed E-state index contributed by atoms with van der Waals surface area (Å²) >= 11 is 6.07. The third kappa shape index (κ3) is 3.90. The highest BCUT2D eigenvalue weighted by Gasteiger charge is 2.17. The number of nitrogens with zero attached hydrogens (tertiary/aromatic N) is 4. The Morgan fingerprint density at radius 1 is 1.14 bits per heavy atom. The van der Waals surface area contributed by atoms with Gasteiger partial charge in [-0.3, -0.25) is 9.59 Å². The molecule has 2 aromatic carbocycles. The third-order valence-electron chi connectivity index (χ3n) is 4.44. The van der Waals surface area contributed by atoms with Crippen LogP contribution in [0.2, 0.25) is 5.02 Å². The minimum atomic E-state index is -0.545. The number of carbonyl (C=O) groups excluding carboxylic acids is 1. The van der Waals surface area contributed by atoms with Crippen LogP contribution in [-0.2, 0) is 22.7 Å². The molecule has 0 N–H and O–H groups in total. The Balaban J connectivity index is 1.65. The zero-order chi connectivity index (χ0) is 20.4. The molecule has 0 aliphatic heterocycles. The van der Waals surface area contributed by atoms with Gasteiger partial charge in [-0.1, -0.05) is 48.0 Å². The molecule has 0 saturated heterocycles. The Morgan fingerprint density at radius 2 is 1.93 bits per heavy atom. The number of benzene rings is 2. The van der Waals surface area contributed by atoms with Gasteiger partial charge in [-0.05, 0) is 30.7 Å². The summed E-state index contributed by atoms with van der Waals surface area (Å²) in [6, 6.07) is 16.4. The molecule has 0 bridgehead atoms. The molecule has 146 valence electrons. The molecule has 0 aliphatic carbocycles. The monoisotopic (exact) mass is 408 g/mol. The highest BCUT2D eigenvalue weighted by atomic mass is 35.5. The van der Waals surface area contributed by atoms with Crippen molar-refractivity contribution in [2.24, 2.45) is 0 Å². The van der Waals surface area contributed by atoms with Gasteiger partial charge in [0.15, 0.2) is 0 Å². The number of esters is 1. The van der Waals surface area contributed by atoms with Gasteiger partial charge >= 0.3 is 5.97 Å². The van der Waals surface area contributed by atoms with Crippen molar-refractivity contribution in [1.29, 1.82) is 0 Å². The van der Waals surface area contributed by atoms with Gasteiger partial charge in [-0.15, -0.1) is 0 Å². The van der Waals surface area contributed by atoms with E-state index in [2.05, 4.69) is 10.2 Å². The van der Waals surface area contributed by atoms with E-state index in [1.807, 2.05) is 30.3 Å². The van der Waals surface area contributed by atoms with Crippen LogP contribution in [0.1, 0.15) is 11.3 Å². The highest BCUT2D eigenvalue weighted by molar-refractivity contribution is 6.30. The largest absolute Gasteiger partial charge is 0.459 e. The number of ether oxygens (including phenoxy) is 1. The lowest BCUT2D eigenvalue weighted by atomic mass is 10.2. The molecule has 0 atom stereocenters. The van der Waals surface area contributed by atoms with Crippen LogP contribution in [-0.4, -0.2) is 25.5 Å². The fraction of sp³-hybridized carbons (Fsp3) is 0.143. The van der Waals surface area contributed by atoms with Crippen molar-refractivity contribution in [3.05, 3.63) is 87.4 Å². The molecule has 0 amide bonds. The van der Waals surface area contributed by atoms with E-state index < -0.39 is 11.5 Å². The van der Waals surface area contributed by atoms with Crippen LogP contribution < -0.4 is 5.56 Å². The number of aryl methyl sites for hydroxylation is 1. The molecule has 4 aromatic rings. The lowest BCUT2D eigenvalue weighted by molar-refractivity contribution is -0.146. The number of carbonyl (C=O) groups is 1. The van der Waals surface area contributed by atoms with Gasteiger partial charge in [0.05, 0.1) is 17.6 Å². The van der Waals surface area contributed by atoms with E-state index >= 15 is 0 Å². The molecule has 0 unspecified atom stereocenters. The van der Waals surface area contributed by atoms with Crippen molar-refractivity contribution in [3.8, 4) is 5.69 Å². The standard InChI is InChI=1S/C21H17ClN4O3/c1-14-18-11-23-26(17-9-5-8-16(22)10-17)20(18)21(28)25(24-14)12-19(27)29-13-15-6-3-2-4-7-15/h2-11H,12-13H2,1H3. The topological polar surface area (TPSA) is 79.0 Å². The second kappa shape index (κ2) is 7.89. The first kappa shape index (κ1) is 18.9. The molecule has 0 saturated carbocycles. The van der Waals surface area contributed by atoms with E-state index in [0.29, 0.717) is 27.3 Å². The summed E-state index contributed by atoms with van der Waals surface area (Å²) in [5, 5.41) is 9.70. The van der Waals surface area contributed by atoms with Crippen LogP contribution in [0.3, 0.4) is 0 Å². The molecule has 0 aliphatic rings. The first-order valence-electron chi connectivity index (χ1n) is 8.94. The van der Waals surface area contributed by atoms with Crippen LogP contribution in [0.25, 0.3) is 16.6 Å². The average Bonchev–Trinajstić information content (AvgIpc) is 3.17. The Labute approximate surface area is 171 Å². The molecule has 7 nitrogen and oxygen atoms in total. The van der Waals surface area contributed by atoms with Crippen LogP contribution in [0, 0.1) is 6.92 Å². The molecular weight excluding hydrogens is 392 g/mol. The van der Waals surface area contributed by atoms with E-state index in [-0.39, 0.29) is 13.2 Å². The molecule has 4 rings (SSSR count). The normalized spacial score (nSPS) is 11.0. The maximum absolute atomic E-state index is 13.0. The van der Waals surface area contributed by atoms with Gasteiger partial charge in [0.1, 0.15) is 18.7 Å². The van der Waals surface area contributed by atoms with Gasteiger partial charge in [-0.2, -0.15) is 10.2 Å². The third-order valence-corrected chi connectivity index (χ3v) is 4.68. The summed E-state index contributed by atoms with van der Waals surface area (Å²) < 4.78 is 7.88. The zero-order valence-electron chi connectivity index (χ0n) is 15.6. The Hall–Kier alpha value is -3.45. The van der Waals surface area contributed by atoms with Gasteiger partial charge in [0, 0.05) is 10.4 Å². The van der Waals surface area contributed by atoms with Crippen LogP contribution >= 0.6 is 11.6 Å². The maximum atomic E-state index is 13.0. The lowest BCUT2D eigenvalue weighted by Gasteiger charge is -2.09. The van der Waals surface area contributed by atoms with E-state index in [1.165, 1.54) is 4.68 Å². The minimum Gasteiger partial charge on any atom is -0.459 e. The second-order valence-corrected chi connectivity index (χ2v) is 6.93. The Bertz CT molecular complexity index is 1250. The molecule has 2 heterocycles. The van der Waals surface area contributed by atoms with Crippen molar-refractivity contribution >= 4 is 28.5 Å². The molecule has 0 spiro atoms. The Morgan fingerprint density at radius 3 is 2.69 bits per heavy atom. The lowest BCUT2D eigenvalue weighted by Crippen LogP contribution is -2.29. The van der Waals surface area contributed by atoms with Crippen molar-refractivity contribution < 1.29 is 9.53 Å². The number of aromatic nitrogens is 4.